The zero-order chi connectivity index (χ0) is 12.9. The van der Waals surface area contributed by atoms with Gasteiger partial charge in [0, 0.05) is 6.42 Å². The van der Waals surface area contributed by atoms with E-state index in [4.69, 9.17) is 0 Å². The number of aliphatic carboxylic acids is 1. The topological polar surface area (TPSA) is 37.3 Å². The van der Waals surface area contributed by atoms with Crippen molar-refractivity contribution in [2.75, 3.05) is 0 Å². The molecule has 2 nitrogen and oxygen atoms in total. The van der Waals surface area contributed by atoms with Gasteiger partial charge in [-0.15, -0.1) is 0 Å². The molecule has 1 saturated carbocycles. The number of alkyl halides is 3. The molecule has 0 aromatic carbocycles. The number of hydrogen-bond donors (Lipinski definition) is 1. The maximum absolute atomic E-state index is 12.2. The second-order valence-corrected chi connectivity index (χ2v) is 4.97. The van der Waals surface area contributed by atoms with E-state index in [2.05, 4.69) is 0 Å². The Morgan fingerprint density at radius 1 is 1.06 bits per heavy atom. The molecule has 0 aliphatic heterocycles. The largest absolute Gasteiger partial charge is 0.481 e. The maximum atomic E-state index is 12.2. The molecular formula is C12H19F3O2. The average molecular weight is 252 g/mol. The number of carboxylic acids is 1. The Morgan fingerprint density at radius 2 is 1.53 bits per heavy atom. The van der Waals surface area contributed by atoms with Gasteiger partial charge in [0.25, 0.3) is 0 Å². The first-order chi connectivity index (χ1) is 7.86. The summed E-state index contributed by atoms with van der Waals surface area (Å²) in [5.41, 5.74) is -1.14. The normalized spacial score (nSPS) is 21.6. The summed E-state index contributed by atoms with van der Waals surface area (Å²) < 4.78 is 36.7. The van der Waals surface area contributed by atoms with Crippen LogP contribution in [0.1, 0.15) is 57.8 Å². The lowest BCUT2D eigenvalue weighted by molar-refractivity contribution is -0.159. The minimum atomic E-state index is -4.26. The highest BCUT2D eigenvalue weighted by Gasteiger charge is 2.41. The van der Waals surface area contributed by atoms with E-state index >= 15 is 0 Å². The molecule has 17 heavy (non-hydrogen) atoms. The lowest BCUT2D eigenvalue weighted by Crippen LogP contribution is -2.33. The number of halogens is 3. The van der Waals surface area contributed by atoms with Gasteiger partial charge < -0.3 is 5.11 Å². The van der Waals surface area contributed by atoms with E-state index < -0.39 is 24.0 Å². The van der Waals surface area contributed by atoms with Gasteiger partial charge in [0.05, 0.1) is 5.41 Å². The van der Waals surface area contributed by atoms with Crippen LogP contribution in [0.5, 0.6) is 0 Å². The summed E-state index contributed by atoms with van der Waals surface area (Å²) in [5.74, 6) is -1.05. The Kier molecular flexibility index (Phi) is 4.83. The molecule has 0 amide bonds. The van der Waals surface area contributed by atoms with E-state index in [1.165, 1.54) is 0 Å². The SMILES string of the molecule is O=C(O)C1(CCC(F)(F)F)CCCCCCC1. The first-order valence-electron chi connectivity index (χ1n) is 6.16. The van der Waals surface area contributed by atoms with Gasteiger partial charge in [0.2, 0.25) is 0 Å². The monoisotopic (exact) mass is 252 g/mol. The molecule has 0 atom stereocenters. The molecule has 1 rings (SSSR count). The predicted molar refractivity (Wildman–Crippen MR) is 57.7 cm³/mol. The van der Waals surface area contributed by atoms with Gasteiger partial charge in [0.15, 0.2) is 0 Å². The molecule has 0 saturated heterocycles. The van der Waals surface area contributed by atoms with Crippen LogP contribution in [-0.4, -0.2) is 17.3 Å². The molecule has 0 aromatic rings. The van der Waals surface area contributed by atoms with Crippen molar-refractivity contribution in [2.45, 2.75) is 64.0 Å². The molecule has 1 fully saturated rings. The van der Waals surface area contributed by atoms with Gasteiger partial charge in [-0.25, -0.2) is 0 Å². The van der Waals surface area contributed by atoms with Crippen LogP contribution in [0, 0.1) is 5.41 Å². The van der Waals surface area contributed by atoms with Gasteiger partial charge in [0.1, 0.15) is 0 Å². The van der Waals surface area contributed by atoms with Crippen molar-refractivity contribution in [3.8, 4) is 0 Å². The molecule has 1 aliphatic rings. The smallest absolute Gasteiger partial charge is 0.389 e. The summed E-state index contributed by atoms with van der Waals surface area (Å²) in [6.45, 7) is 0. The van der Waals surface area contributed by atoms with E-state index in [0.717, 1.165) is 32.1 Å². The van der Waals surface area contributed by atoms with Crippen LogP contribution in [0.4, 0.5) is 13.2 Å². The zero-order valence-electron chi connectivity index (χ0n) is 9.85. The third-order valence-corrected chi connectivity index (χ3v) is 3.65. The summed E-state index contributed by atoms with van der Waals surface area (Å²) in [6.07, 6.45) is -0.363. The van der Waals surface area contributed by atoms with Gasteiger partial charge in [-0.05, 0) is 19.3 Å². The van der Waals surface area contributed by atoms with Gasteiger partial charge >= 0.3 is 12.1 Å². The molecule has 1 aliphatic carbocycles. The van der Waals surface area contributed by atoms with Crippen molar-refractivity contribution in [3.05, 3.63) is 0 Å². The second kappa shape index (κ2) is 5.74. The first kappa shape index (κ1) is 14.3. The van der Waals surface area contributed by atoms with E-state index in [1.807, 2.05) is 0 Å². The highest BCUT2D eigenvalue weighted by Crippen LogP contribution is 2.41. The summed E-state index contributed by atoms with van der Waals surface area (Å²) >= 11 is 0. The number of rotatable bonds is 3. The fourth-order valence-corrected chi connectivity index (χ4v) is 2.53. The summed E-state index contributed by atoms with van der Waals surface area (Å²) in [4.78, 5) is 11.3. The van der Waals surface area contributed by atoms with Crippen molar-refractivity contribution in [1.29, 1.82) is 0 Å². The quantitative estimate of drug-likeness (QED) is 0.819. The third kappa shape index (κ3) is 4.56. The van der Waals surface area contributed by atoms with E-state index in [-0.39, 0.29) is 6.42 Å². The molecule has 5 heteroatoms. The lowest BCUT2D eigenvalue weighted by atomic mass is 9.73. The maximum Gasteiger partial charge on any atom is 0.389 e. The molecule has 0 aromatic heterocycles. The third-order valence-electron chi connectivity index (χ3n) is 3.65. The molecule has 0 radical (unpaired) electrons. The van der Waals surface area contributed by atoms with E-state index in [0.29, 0.717) is 12.8 Å². The van der Waals surface area contributed by atoms with Crippen molar-refractivity contribution in [2.24, 2.45) is 5.41 Å². The van der Waals surface area contributed by atoms with Crippen LogP contribution in [0.2, 0.25) is 0 Å². The average Bonchev–Trinajstić information content (AvgIpc) is 2.14. The van der Waals surface area contributed by atoms with Gasteiger partial charge in [-0.2, -0.15) is 13.2 Å². The molecule has 100 valence electrons. The van der Waals surface area contributed by atoms with Crippen molar-refractivity contribution in [1.82, 2.24) is 0 Å². The minimum absolute atomic E-state index is 0.272. The standard InChI is InChI=1S/C12H19F3O2/c13-12(14,15)9-8-11(10(16)17)6-4-2-1-3-5-7-11/h1-9H2,(H,16,17). The van der Waals surface area contributed by atoms with E-state index in [1.54, 1.807) is 0 Å². The predicted octanol–water partition coefficient (Wildman–Crippen LogP) is 4.14. The molecular weight excluding hydrogens is 233 g/mol. The summed E-state index contributed by atoms with van der Waals surface area (Å²) in [7, 11) is 0. The minimum Gasteiger partial charge on any atom is -0.481 e. The molecule has 0 unspecified atom stereocenters. The van der Waals surface area contributed by atoms with Crippen LogP contribution in [0.3, 0.4) is 0 Å². The summed E-state index contributed by atoms with van der Waals surface area (Å²) in [5, 5.41) is 9.24. The Hall–Kier alpha value is -0.740. The molecule has 0 bridgehead atoms. The Labute approximate surface area is 99.2 Å². The Balaban J connectivity index is 2.68. The van der Waals surface area contributed by atoms with Crippen LogP contribution in [0.15, 0.2) is 0 Å². The molecule has 1 N–H and O–H groups in total. The highest BCUT2D eigenvalue weighted by molar-refractivity contribution is 5.74. The number of carboxylic acid groups (broad SMARTS) is 1. The zero-order valence-corrected chi connectivity index (χ0v) is 9.85. The Morgan fingerprint density at radius 3 is 1.94 bits per heavy atom. The van der Waals surface area contributed by atoms with Crippen molar-refractivity contribution >= 4 is 5.97 Å². The molecule has 0 heterocycles. The van der Waals surface area contributed by atoms with Gasteiger partial charge in [-0.1, -0.05) is 32.1 Å². The van der Waals surface area contributed by atoms with Crippen LogP contribution in [-0.2, 0) is 4.79 Å². The van der Waals surface area contributed by atoms with Crippen molar-refractivity contribution < 1.29 is 23.1 Å². The first-order valence-corrected chi connectivity index (χ1v) is 6.16. The highest BCUT2D eigenvalue weighted by atomic mass is 19.4. The van der Waals surface area contributed by atoms with Crippen LogP contribution in [0.25, 0.3) is 0 Å². The van der Waals surface area contributed by atoms with Crippen LogP contribution < -0.4 is 0 Å². The number of hydrogen-bond acceptors (Lipinski definition) is 1. The molecule has 0 spiro atoms. The van der Waals surface area contributed by atoms with Crippen molar-refractivity contribution in [3.63, 3.8) is 0 Å². The fourth-order valence-electron chi connectivity index (χ4n) is 2.53. The van der Waals surface area contributed by atoms with E-state index in [9.17, 15) is 23.1 Å². The number of carbonyl (C=O) groups is 1. The lowest BCUT2D eigenvalue weighted by Gasteiger charge is -2.31. The second-order valence-electron chi connectivity index (χ2n) is 4.97. The van der Waals surface area contributed by atoms with Crippen LogP contribution >= 0.6 is 0 Å². The fraction of sp³-hybridized carbons (Fsp3) is 0.917. The Bertz CT molecular complexity index is 253. The van der Waals surface area contributed by atoms with Gasteiger partial charge in [-0.3, -0.25) is 4.79 Å². The summed E-state index contributed by atoms with van der Waals surface area (Å²) in [6, 6.07) is 0.